The minimum absolute atomic E-state index is 0.143. The fourth-order valence-corrected chi connectivity index (χ4v) is 3.52. The number of halogens is 2. The Labute approximate surface area is 189 Å². The number of carbonyl (C=O) groups excluding carboxylic acids is 1. The fraction of sp³-hybridized carbons (Fsp3) is 0.190. The number of hydrogen-bond donors (Lipinski definition) is 1. The maximum Gasteiger partial charge on any atom is 0.234 e. The van der Waals surface area contributed by atoms with E-state index in [1.807, 2.05) is 13.0 Å². The van der Waals surface area contributed by atoms with Crippen LogP contribution in [0.3, 0.4) is 0 Å². The Morgan fingerprint density at radius 2 is 2.07 bits per heavy atom. The third-order valence-corrected chi connectivity index (χ3v) is 5.53. The van der Waals surface area contributed by atoms with Gasteiger partial charge in [0, 0.05) is 15.7 Å². The summed E-state index contributed by atoms with van der Waals surface area (Å²) in [7, 11) is 0. The molecule has 2 aromatic carbocycles. The van der Waals surface area contributed by atoms with Crippen LogP contribution in [0.15, 0.2) is 65.2 Å². The van der Waals surface area contributed by atoms with E-state index in [4.69, 9.17) is 27.9 Å². The Morgan fingerprint density at radius 1 is 1.30 bits per heavy atom. The van der Waals surface area contributed by atoms with E-state index in [1.54, 1.807) is 47.5 Å². The molecule has 1 heterocycles. The summed E-state index contributed by atoms with van der Waals surface area (Å²) in [6.45, 7) is 6.53. The molecule has 0 saturated heterocycles. The quantitative estimate of drug-likeness (QED) is 0.597. The van der Waals surface area contributed by atoms with Crippen LogP contribution in [0.1, 0.15) is 5.56 Å². The molecule has 30 heavy (non-hydrogen) atoms. The molecule has 0 aromatic heterocycles. The number of carbonyl (C=O) groups is 1. The second-order valence-corrected chi connectivity index (χ2v) is 8.12. The van der Waals surface area contributed by atoms with Crippen molar-refractivity contribution in [2.45, 2.75) is 6.92 Å². The molecule has 0 radical (unpaired) electrons. The van der Waals surface area contributed by atoms with Crippen LogP contribution in [0.5, 0.6) is 5.75 Å². The standard InChI is InChI=1S/C21H20Cl2N4O2S/c1-3-11-27-12-20(29-16-9-7-15(22)8-10-16)25-21(26-27)30-13-19(28)24-18-6-4-5-17(23)14(18)2/h3-10H,1,11-13H2,2H3,(H,24,28). The van der Waals surface area contributed by atoms with Gasteiger partial charge in [-0.1, -0.05) is 47.1 Å². The molecule has 6 nitrogen and oxygen atoms in total. The summed E-state index contributed by atoms with van der Waals surface area (Å²) in [6.07, 6.45) is 1.74. The number of aliphatic imine (C=N–C) groups is 1. The van der Waals surface area contributed by atoms with Crippen LogP contribution in [0.4, 0.5) is 5.69 Å². The largest absolute Gasteiger partial charge is 0.441 e. The number of anilines is 1. The maximum absolute atomic E-state index is 12.4. The van der Waals surface area contributed by atoms with Gasteiger partial charge in [0.15, 0.2) is 0 Å². The van der Waals surface area contributed by atoms with Crippen LogP contribution >= 0.6 is 35.0 Å². The fourth-order valence-electron chi connectivity index (χ4n) is 2.55. The topological polar surface area (TPSA) is 66.3 Å². The van der Waals surface area contributed by atoms with E-state index in [0.717, 1.165) is 5.56 Å². The number of amides is 1. The number of hydrazone groups is 1. The predicted octanol–water partition coefficient (Wildman–Crippen LogP) is 5.22. The molecule has 9 heteroatoms. The van der Waals surface area contributed by atoms with Crippen LogP contribution in [0.2, 0.25) is 10.0 Å². The molecule has 0 atom stereocenters. The number of thioether (sulfide) groups is 1. The van der Waals surface area contributed by atoms with Crippen molar-refractivity contribution in [3.8, 4) is 5.75 Å². The van der Waals surface area contributed by atoms with E-state index in [0.29, 0.717) is 45.6 Å². The monoisotopic (exact) mass is 462 g/mol. The SMILES string of the molecule is C=CCN1CC(Oc2ccc(Cl)cc2)=NC(SCC(=O)Nc2cccc(Cl)c2C)=N1. The van der Waals surface area contributed by atoms with Crippen molar-refractivity contribution in [3.63, 3.8) is 0 Å². The summed E-state index contributed by atoms with van der Waals surface area (Å²) < 4.78 is 5.85. The molecule has 0 bridgehead atoms. The lowest BCUT2D eigenvalue weighted by Crippen LogP contribution is -2.33. The third-order valence-electron chi connectivity index (χ3n) is 4.03. The first kappa shape index (κ1) is 22.2. The molecule has 1 N–H and O–H groups in total. The van der Waals surface area contributed by atoms with Crippen molar-refractivity contribution in [2.75, 3.05) is 24.2 Å². The molecule has 156 valence electrons. The Bertz CT molecular complexity index is 993. The van der Waals surface area contributed by atoms with E-state index in [2.05, 4.69) is 22.0 Å². The first-order valence-corrected chi connectivity index (χ1v) is 10.8. The van der Waals surface area contributed by atoms with E-state index >= 15 is 0 Å². The number of ether oxygens (including phenoxy) is 1. The molecule has 0 unspecified atom stereocenters. The normalized spacial score (nSPS) is 13.4. The van der Waals surface area contributed by atoms with Gasteiger partial charge in [0.05, 0.1) is 12.3 Å². The van der Waals surface area contributed by atoms with Crippen molar-refractivity contribution in [1.29, 1.82) is 0 Å². The van der Waals surface area contributed by atoms with Gasteiger partial charge in [0.25, 0.3) is 0 Å². The predicted molar refractivity (Wildman–Crippen MR) is 126 cm³/mol. The van der Waals surface area contributed by atoms with Gasteiger partial charge in [0.1, 0.15) is 12.3 Å². The average Bonchev–Trinajstić information content (AvgIpc) is 2.72. The highest BCUT2D eigenvalue weighted by Crippen LogP contribution is 2.23. The average molecular weight is 463 g/mol. The Balaban J connectivity index is 1.65. The van der Waals surface area contributed by atoms with Crippen molar-refractivity contribution >= 4 is 57.6 Å². The molecule has 2 aromatic rings. The van der Waals surface area contributed by atoms with Crippen molar-refractivity contribution < 1.29 is 9.53 Å². The highest BCUT2D eigenvalue weighted by Gasteiger charge is 2.18. The third kappa shape index (κ3) is 6.26. The zero-order valence-electron chi connectivity index (χ0n) is 16.3. The summed E-state index contributed by atoms with van der Waals surface area (Å²) in [4.78, 5) is 16.8. The number of amidine groups is 1. The van der Waals surface area contributed by atoms with Gasteiger partial charge >= 0.3 is 0 Å². The highest BCUT2D eigenvalue weighted by molar-refractivity contribution is 8.14. The number of hydrogen-bond acceptors (Lipinski definition) is 6. The summed E-state index contributed by atoms with van der Waals surface area (Å²) in [6, 6.07) is 12.4. The number of nitrogens with one attached hydrogen (secondary N) is 1. The van der Waals surface area contributed by atoms with Crippen molar-refractivity contribution in [3.05, 3.63) is 70.7 Å². The van der Waals surface area contributed by atoms with Crippen LogP contribution < -0.4 is 10.1 Å². The zero-order valence-corrected chi connectivity index (χ0v) is 18.6. The molecule has 3 rings (SSSR count). The van der Waals surface area contributed by atoms with Crippen LogP contribution in [0.25, 0.3) is 0 Å². The smallest absolute Gasteiger partial charge is 0.234 e. The zero-order chi connectivity index (χ0) is 21.5. The van der Waals surface area contributed by atoms with Crippen LogP contribution in [0, 0.1) is 6.92 Å². The summed E-state index contributed by atoms with van der Waals surface area (Å²) in [5, 5.41) is 10.7. The van der Waals surface area contributed by atoms with Crippen molar-refractivity contribution in [2.24, 2.45) is 10.1 Å². The molecule has 0 spiro atoms. The molecule has 1 amide bonds. The van der Waals surface area contributed by atoms with Gasteiger partial charge in [-0.15, -0.1) is 11.7 Å². The molecule has 0 saturated carbocycles. The van der Waals surface area contributed by atoms with E-state index < -0.39 is 0 Å². The molecule has 0 fully saturated rings. The van der Waals surface area contributed by atoms with Gasteiger partial charge in [-0.2, -0.15) is 4.99 Å². The minimum Gasteiger partial charge on any atom is -0.441 e. The van der Waals surface area contributed by atoms with Gasteiger partial charge < -0.3 is 10.1 Å². The van der Waals surface area contributed by atoms with Gasteiger partial charge in [0.2, 0.25) is 17.0 Å². The highest BCUT2D eigenvalue weighted by atomic mass is 35.5. The second kappa shape index (κ2) is 10.5. The lowest BCUT2D eigenvalue weighted by Gasteiger charge is -2.23. The first-order valence-electron chi connectivity index (χ1n) is 9.08. The summed E-state index contributed by atoms with van der Waals surface area (Å²) >= 11 is 13.2. The summed E-state index contributed by atoms with van der Waals surface area (Å²) in [5.74, 6) is 1.06. The first-order chi connectivity index (χ1) is 14.4. The van der Waals surface area contributed by atoms with Gasteiger partial charge in [-0.3, -0.25) is 9.80 Å². The summed E-state index contributed by atoms with van der Waals surface area (Å²) in [5.41, 5.74) is 1.50. The van der Waals surface area contributed by atoms with Crippen molar-refractivity contribution in [1.82, 2.24) is 5.01 Å². The van der Waals surface area contributed by atoms with E-state index in [9.17, 15) is 4.79 Å². The number of benzene rings is 2. The molecule has 1 aliphatic heterocycles. The Hall–Kier alpha value is -2.48. The second-order valence-electron chi connectivity index (χ2n) is 6.33. The number of nitrogens with zero attached hydrogens (tertiary/aromatic N) is 3. The van der Waals surface area contributed by atoms with Crippen LogP contribution in [-0.2, 0) is 4.79 Å². The molecular weight excluding hydrogens is 443 g/mol. The molecule has 0 aliphatic carbocycles. The lowest BCUT2D eigenvalue weighted by atomic mass is 10.2. The lowest BCUT2D eigenvalue weighted by molar-refractivity contribution is -0.113. The number of rotatable bonds is 6. The molecular formula is C21H20Cl2N4O2S. The van der Waals surface area contributed by atoms with E-state index in [1.165, 1.54) is 11.8 Å². The Kier molecular flexibility index (Phi) is 7.79. The van der Waals surface area contributed by atoms with Gasteiger partial charge in [-0.25, -0.2) is 0 Å². The molecule has 1 aliphatic rings. The van der Waals surface area contributed by atoms with E-state index in [-0.39, 0.29) is 11.7 Å². The maximum atomic E-state index is 12.4. The minimum atomic E-state index is -0.177. The van der Waals surface area contributed by atoms with Crippen LogP contribution in [-0.4, -0.2) is 40.8 Å². The van der Waals surface area contributed by atoms with Gasteiger partial charge in [-0.05, 0) is 48.9 Å². The Morgan fingerprint density at radius 3 is 2.80 bits per heavy atom.